The van der Waals surface area contributed by atoms with Gasteiger partial charge in [0, 0.05) is 5.56 Å². The molecule has 1 fully saturated rings. The van der Waals surface area contributed by atoms with Gasteiger partial charge in [-0.1, -0.05) is 35.5 Å². The second-order valence-corrected chi connectivity index (χ2v) is 5.42. The van der Waals surface area contributed by atoms with Crippen molar-refractivity contribution in [1.29, 1.82) is 0 Å². The molecule has 0 spiro atoms. The Kier molecular flexibility index (Phi) is 3.66. The number of amides is 3. The van der Waals surface area contributed by atoms with Crippen LogP contribution in [-0.2, 0) is 4.79 Å². The van der Waals surface area contributed by atoms with Gasteiger partial charge in [0.15, 0.2) is 0 Å². The molecule has 2 unspecified atom stereocenters. The fourth-order valence-corrected chi connectivity index (χ4v) is 2.62. The fraction of sp³-hybridized carbons (Fsp3) is 0.312. The maximum Gasteiger partial charge on any atom is 0.325 e. The Morgan fingerprint density at radius 1 is 1.41 bits per heavy atom. The Hall–Kier alpha value is -2.63. The predicted molar refractivity (Wildman–Crippen MR) is 78.8 cm³/mol. The van der Waals surface area contributed by atoms with Gasteiger partial charge in [0.2, 0.25) is 5.91 Å². The number of benzene rings is 1. The second-order valence-electron chi connectivity index (χ2n) is 5.42. The molecule has 6 nitrogen and oxygen atoms in total. The van der Waals surface area contributed by atoms with E-state index in [4.69, 9.17) is 4.52 Å². The molecule has 0 aliphatic carbocycles. The summed E-state index contributed by atoms with van der Waals surface area (Å²) >= 11 is 0. The van der Waals surface area contributed by atoms with E-state index in [-0.39, 0.29) is 18.0 Å². The third-order valence-corrected chi connectivity index (χ3v) is 3.95. The van der Waals surface area contributed by atoms with Crippen molar-refractivity contribution in [3.8, 4) is 0 Å². The van der Waals surface area contributed by atoms with E-state index in [0.717, 1.165) is 11.1 Å². The molecule has 1 aromatic carbocycles. The molecule has 0 bridgehead atoms. The molecule has 3 amide bonds. The number of nitrogens with zero attached hydrogens (tertiary/aromatic N) is 2. The molecule has 1 aliphatic rings. The number of carbonyl (C=O) groups is 2. The second kappa shape index (κ2) is 5.63. The maximum atomic E-state index is 12.4. The highest BCUT2D eigenvalue weighted by Gasteiger charge is 2.43. The molecular formula is C16H17N3O3. The summed E-state index contributed by atoms with van der Waals surface area (Å²) < 4.78 is 4.90. The summed E-state index contributed by atoms with van der Waals surface area (Å²) in [5, 5.41) is 6.66. The number of aryl methyl sites for hydroxylation is 1. The number of nitrogens with one attached hydrogen (secondary N) is 1. The van der Waals surface area contributed by atoms with Crippen LogP contribution in [0, 0.1) is 6.92 Å². The van der Waals surface area contributed by atoms with Gasteiger partial charge in [-0.25, -0.2) is 4.79 Å². The molecule has 1 aromatic heterocycles. The first kappa shape index (κ1) is 14.3. The molecule has 2 aromatic rings. The van der Waals surface area contributed by atoms with Gasteiger partial charge in [0.05, 0.1) is 24.2 Å². The van der Waals surface area contributed by atoms with E-state index in [0.29, 0.717) is 12.1 Å². The smallest absolute Gasteiger partial charge is 0.325 e. The van der Waals surface area contributed by atoms with Crippen molar-refractivity contribution in [2.45, 2.75) is 32.4 Å². The molecule has 2 heterocycles. The van der Waals surface area contributed by atoms with Crippen LogP contribution in [-0.4, -0.2) is 22.0 Å². The lowest BCUT2D eigenvalue weighted by atomic mass is 9.95. The molecule has 1 saturated heterocycles. The van der Waals surface area contributed by atoms with Crippen LogP contribution < -0.4 is 5.32 Å². The van der Waals surface area contributed by atoms with Crippen molar-refractivity contribution in [1.82, 2.24) is 15.4 Å². The highest BCUT2D eigenvalue weighted by Crippen LogP contribution is 2.36. The summed E-state index contributed by atoms with van der Waals surface area (Å²) in [5.74, 6) is -0.191. The third kappa shape index (κ3) is 2.47. The minimum absolute atomic E-state index is 0.175. The average Bonchev–Trinajstić information content (AvgIpc) is 2.91. The normalized spacial score (nSPS) is 18.7. The van der Waals surface area contributed by atoms with Crippen molar-refractivity contribution in [3.05, 3.63) is 53.4 Å². The maximum absolute atomic E-state index is 12.4. The summed E-state index contributed by atoms with van der Waals surface area (Å²) in [6.45, 7) is 3.68. The first-order valence-electron chi connectivity index (χ1n) is 7.16. The van der Waals surface area contributed by atoms with E-state index >= 15 is 0 Å². The van der Waals surface area contributed by atoms with Crippen LogP contribution in [0.3, 0.4) is 0 Å². The summed E-state index contributed by atoms with van der Waals surface area (Å²) in [6, 6.07) is 8.76. The van der Waals surface area contributed by atoms with Gasteiger partial charge in [-0.2, -0.15) is 0 Å². The molecule has 3 rings (SSSR count). The standard InChI is InChI=1S/C16H17N3O3/c1-10(12-6-4-3-5-7-12)17-16(21)19-14(8-15(19)20)13-9-22-18-11(13)2/h3-7,9-10,14H,8H2,1-2H3,(H,17,21). The lowest BCUT2D eigenvalue weighted by Gasteiger charge is -2.38. The Balaban J connectivity index is 1.71. The lowest BCUT2D eigenvalue weighted by Crippen LogP contribution is -2.54. The third-order valence-electron chi connectivity index (χ3n) is 3.95. The van der Waals surface area contributed by atoms with Crippen LogP contribution >= 0.6 is 0 Å². The summed E-state index contributed by atoms with van der Waals surface area (Å²) in [6.07, 6.45) is 1.79. The monoisotopic (exact) mass is 299 g/mol. The lowest BCUT2D eigenvalue weighted by molar-refractivity contribution is -0.141. The SMILES string of the molecule is Cc1nocc1C1CC(=O)N1C(=O)NC(C)c1ccccc1. The van der Waals surface area contributed by atoms with Crippen molar-refractivity contribution >= 4 is 11.9 Å². The Labute approximate surface area is 128 Å². The molecule has 6 heteroatoms. The van der Waals surface area contributed by atoms with Gasteiger partial charge in [0.1, 0.15) is 6.26 Å². The average molecular weight is 299 g/mol. The van der Waals surface area contributed by atoms with Gasteiger partial charge >= 0.3 is 6.03 Å². The molecule has 1 N–H and O–H groups in total. The summed E-state index contributed by atoms with van der Waals surface area (Å²) in [5.41, 5.74) is 2.47. The number of β-lactam (4-membered cyclic amide) rings is 1. The van der Waals surface area contributed by atoms with E-state index in [2.05, 4.69) is 10.5 Å². The highest BCUT2D eigenvalue weighted by atomic mass is 16.5. The number of urea groups is 1. The van der Waals surface area contributed by atoms with Gasteiger partial charge in [-0.3, -0.25) is 9.69 Å². The van der Waals surface area contributed by atoms with Gasteiger partial charge in [0.25, 0.3) is 0 Å². The van der Waals surface area contributed by atoms with E-state index in [1.54, 1.807) is 6.92 Å². The zero-order chi connectivity index (χ0) is 15.7. The Bertz CT molecular complexity index is 696. The predicted octanol–water partition coefficient (Wildman–Crippen LogP) is 2.73. The minimum atomic E-state index is -0.391. The van der Waals surface area contributed by atoms with Crippen LogP contribution in [0.25, 0.3) is 0 Å². The Morgan fingerprint density at radius 2 is 2.14 bits per heavy atom. The number of hydrogen-bond acceptors (Lipinski definition) is 4. The highest BCUT2D eigenvalue weighted by molar-refractivity contribution is 6.00. The van der Waals surface area contributed by atoms with Gasteiger partial charge in [-0.05, 0) is 19.4 Å². The van der Waals surface area contributed by atoms with Crippen LogP contribution in [0.1, 0.15) is 42.2 Å². The van der Waals surface area contributed by atoms with E-state index in [1.165, 1.54) is 11.2 Å². The minimum Gasteiger partial charge on any atom is -0.364 e. The molecule has 2 atom stereocenters. The molecule has 0 saturated carbocycles. The van der Waals surface area contributed by atoms with E-state index < -0.39 is 6.03 Å². The quantitative estimate of drug-likeness (QED) is 0.884. The zero-order valence-corrected chi connectivity index (χ0v) is 12.4. The number of aromatic nitrogens is 1. The van der Waals surface area contributed by atoms with E-state index in [1.807, 2.05) is 37.3 Å². The van der Waals surface area contributed by atoms with Crippen LogP contribution in [0.15, 0.2) is 41.1 Å². The number of rotatable bonds is 3. The molecular weight excluding hydrogens is 282 g/mol. The van der Waals surface area contributed by atoms with Gasteiger partial charge < -0.3 is 9.84 Å². The topological polar surface area (TPSA) is 75.4 Å². The van der Waals surface area contributed by atoms with Crippen molar-refractivity contribution < 1.29 is 14.1 Å². The Morgan fingerprint density at radius 3 is 2.73 bits per heavy atom. The van der Waals surface area contributed by atoms with Crippen LogP contribution in [0.2, 0.25) is 0 Å². The summed E-state index contributed by atoms with van der Waals surface area (Å²) in [4.78, 5) is 25.4. The summed E-state index contributed by atoms with van der Waals surface area (Å²) in [7, 11) is 0. The van der Waals surface area contributed by atoms with Gasteiger partial charge in [-0.15, -0.1) is 0 Å². The van der Waals surface area contributed by atoms with Crippen molar-refractivity contribution in [2.24, 2.45) is 0 Å². The largest absolute Gasteiger partial charge is 0.364 e. The molecule has 0 radical (unpaired) electrons. The zero-order valence-electron chi connectivity index (χ0n) is 12.4. The molecule has 114 valence electrons. The molecule has 22 heavy (non-hydrogen) atoms. The fourth-order valence-electron chi connectivity index (χ4n) is 2.62. The van der Waals surface area contributed by atoms with E-state index in [9.17, 15) is 9.59 Å². The van der Waals surface area contributed by atoms with Crippen molar-refractivity contribution in [3.63, 3.8) is 0 Å². The van der Waals surface area contributed by atoms with Crippen LogP contribution in [0.4, 0.5) is 4.79 Å². The number of likely N-dealkylation sites (tertiary alicyclic amines) is 1. The van der Waals surface area contributed by atoms with Crippen molar-refractivity contribution in [2.75, 3.05) is 0 Å². The number of carbonyl (C=O) groups excluding carboxylic acids is 2. The first-order valence-corrected chi connectivity index (χ1v) is 7.16. The molecule has 1 aliphatic heterocycles. The van der Waals surface area contributed by atoms with Crippen LogP contribution in [0.5, 0.6) is 0 Å². The number of imide groups is 1. The number of hydrogen-bond donors (Lipinski definition) is 1. The first-order chi connectivity index (χ1) is 10.6.